The van der Waals surface area contributed by atoms with Crippen LogP contribution in [-0.4, -0.2) is 47.4 Å². The number of carbonyl (C=O) groups is 2. The Kier molecular flexibility index (Phi) is 6.91. The Morgan fingerprint density at radius 3 is 2.54 bits per heavy atom. The molecule has 3 aliphatic rings. The molecule has 3 aliphatic heterocycles. The van der Waals surface area contributed by atoms with E-state index in [1.54, 1.807) is 30.3 Å². The Hall–Kier alpha value is -2.75. The highest BCUT2D eigenvalue weighted by Gasteiger charge is 2.44. The van der Waals surface area contributed by atoms with Gasteiger partial charge < -0.3 is 10.6 Å². The van der Waals surface area contributed by atoms with Crippen LogP contribution in [0.15, 0.2) is 53.9 Å². The standard InChI is InChI=1S/C26H28F2N4O2S/c1-15(16-6-8-18(27)9-7-16)29-24(33)17-10-12-32(13-11-17)26-30-22-20(14-35-23(22)25(34)31-26)19-4-2-3-5-21(19)28/h2-9,14-15,17,22-23,26,30H,10-13H2,1H3,(H,29,33)(H,31,34). The summed E-state index contributed by atoms with van der Waals surface area (Å²) in [5, 5.41) is 11.1. The second kappa shape index (κ2) is 10.1. The maximum Gasteiger partial charge on any atom is 0.237 e. The molecule has 3 N–H and O–H groups in total. The summed E-state index contributed by atoms with van der Waals surface area (Å²) in [4.78, 5) is 27.8. The van der Waals surface area contributed by atoms with Gasteiger partial charge in [0, 0.05) is 24.6 Å². The number of benzene rings is 2. The highest BCUT2D eigenvalue weighted by atomic mass is 32.2. The van der Waals surface area contributed by atoms with E-state index in [2.05, 4.69) is 20.9 Å². The number of amides is 2. The predicted molar refractivity (Wildman–Crippen MR) is 132 cm³/mol. The first-order valence-corrected chi connectivity index (χ1v) is 12.8. The third-order valence-corrected chi connectivity index (χ3v) is 8.20. The molecule has 3 heterocycles. The Balaban J connectivity index is 1.18. The molecule has 35 heavy (non-hydrogen) atoms. The zero-order chi connectivity index (χ0) is 24.5. The van der Waals surface area contributed by atoms with Crippen molar-refractivity contribution < 1.29 is 18.4 Å². The first kappa shape index (κ1) is 24.0. The maximum atomic E-state index is 14.4. The van der Waals surface area contributed by atoms with Crippen LogP contribution in [0.5, 0.6) is 0 Å². The zero-order valence-corrected chi connectivity index (χ0v) is 20.2. The average Bonchev–Trinajstić information content (AvgIpc) is 3.29. The summed E-state index contributed by atoms with van der Waals surface area (Å²) in [5.41, 5.74) is 2.16. The lowest BCUT2D eigenvalue weighted by Crippen LogP contribution is -2.68. The number of rotatable bonds is 5. The van der Waals surface area contributed by atoms with Gasteiger partial charge in [0.1, 0.15) is 23.2 Å². The van der Waals surface area contributed by atoms with Crippen molar-refractivity contribution in [1.29, 1.82) is 0 Å². The van der Waals surface area contributed by atoms with E-state index in [1.165, 1.54) is 30.0 Å². The van der Waals surface area contributed by atoms with Gasteiger partial charge in [-0.2, -0.15) is 0 Å². The van der Waals surface area contributed by atoms with E-state index in [-0.39, 0.29) is 53.0 Å². The number of hydrogen-bond donors (Lipinski definition) is 3. The van der Waals surface area contributed by atoms with Crippen LogP contribution >= 0.6 is 11.8 Å². The summed E-state index contributed by atoms with van der Waals surface area (Å²) in [7, 11) is 0. The van der Waals surface area contributed by atoms with Crippen LogP contribution in [0.1, 0.15) is 36.9 Å². The van der Waals surface area contributed by atoms with Crippen LogP contribution in [-0.2, 0) is 9.59 Å². The van der Waals surface area contributed by atoms with Gasteiger partial charge in [-0.15, -0.1) is 11.8 Å². The van der Waals surface area contributed by atoms with E-state index >= 15 is 0 Å². The Bertz CT molecular complexity index is 1130. The van der Waals surface area contributed by atoms with Crippen molar-refractivity contribution in [2.45, 2.75) is 43.4 Å². The fraction of sp³-hybridized carbons (Fsp3) is 0.385. The quantitative estimate of drug-likeness (QED) is 0.590. The van der Waals surface area contributed by atoms with E-state index in [0.717, 1.165) is 11.1 Å². The molecule has 2 fully saturated rings. The highest BCUT2D eigenvalue weighted by Crippen LogP contribution is 2.39. The number of likely N-dealkylation sites (tertiary alicyclic amines) is 1. The molecule has 5 rings (SSSR count). The van der Waals surface area contributed by atoms with E-state index in [0.29, 0.717) is 31.5 Å². The average molecular weight is 499 g/mol. The molecule has 4 atom stereocenters. The van der Waals surface area contributed by atoms with Crippen molar-refractivity contribution in [2.24, 2.45) is 5.92 Å². The molecule has 2 saturated heterocycles. The van der Waals surface area contributed by atoms with Gasteiger partial charge in [0.15, 0.2) is 0 Å². The normalized spacial score (nSPS) is 26.0. The number of halogens is 2. The van der Waals surface area contributed by atoms with Gasteiger partial charge in [-0.05, 0) is 54.5 Å². The van der Waals surface area contributed by atoms with Gasteiger partial charge in [-0.1, -0.05) is 30.3 Å². The first-order chi connectivity index (χ1) is 16.9. The Morgan fingerprint density at radius 1 is 1.11 bits per heavy atom. The summed E-state index contributed by atoms with van der Waals surface area (Å²) in [6, 6.07) is 12.3. The molecular formula is C26H28F2N4O2S. The topological polar surface area (TPSA) is 73.5 Å². The molecule has 0 aliphatic carbocycles. The van der Waals surface area contributed by atoms with Crippen molar-refractivity contribution in [3.8, 4) is 0 Å². The van der Waals surface area contributed by atoms with Crippen LogP contribution in [0, 0.1) is 17.6 Å². The second-order valence-corrected chi connectivity index (χ2v) is 10.3. The van der Waals surface area contributed by atoms with Gasteiger partial charge in [0.25, 0.3) is 0 Å². The molecule has 4 unspecified atom stereocenters. The van der Waals surface area contributed by atoms with Crippen LogP contribution in [0.2, 0.25) is 0 Å². The molecular weight excluding hydrogens is 470 g/mol. The predicted octanol–water partition coefficient (Wildman–Crippen LogP) is 3.38. The summed E-state index contributed by atoms with van der Waals surface area (Å²) >= 11 is 1.41. The number of thioether (sulfide) groups is 1. The molecule has 0 aromatic heterocycles. The van der Waals surface area contributed by atoms with Crippen molar-refractivity contribution in [1.82, 2.24) is 20.9 Å². The minimum absolute atomic E-state index is 0.0147. The minimum atomic E-state index is -0.375. The second-order valence-electron chi connectivity index (χ2n) is 9.26. The van der Waals surface area contributed by atoms with E-state index < -0.39 is 0 Å². The zero-order valence-electron chi connectivity index (χ0n) is 19.3. The summed E-state index contributed by atoms with van der Waals surface area (Å²) < 4.78 is 27.6. The molecule has 2 aromatic rings. The highest BCUT2D eigenvalue weighted by molar-refractivity contribution is 8.04. The number of nitrogens with zero attached hydrogens (tertiary/aromatic N) is 1. The molecule has 0 radical (unpaired) electrons. The van der Waals surface area contributed by atoms with Gasteiger partial charge in [-0.25, -0.2) is 8.78 Å². The van der Waals surface area contributed by atoms with Crippen molar-refractivity contribution in [2.75, 3.05) is 13.1 Å². The van der Waals surface area contributed by atoms with E-state index in [1.807, 2.05) is 12.3 Å². The van der Waals surface area contributed by atoms with Crippen LogP contribution in [0.4, 0.5) is 8.78 Å². The third-order valence-electron chi connectivity index (χ3n) is 7.03. The molecule has 9 heteroatoms. The number of hydrogen-bond acceptors (Lipinski definition) is 5. The maximum absolute atomic E-state index is 14.4. The van der Waals surface area contributed by atoms with Crippen LogP contribution in [0.3, 0.4) is 0 Å². The van der Waals surface area contributed by atoms with Crippen molar-refractivity contribution in [3.63, 3.8) is 0 Å². The van der Waals surface area contributed by atoms with Crippen molar-refractivity contribution >= 4 is 29.1 Å². The minimum Gasteiger partial charge on any atom is -0.349 e. The molecule has 2 amide bonds. The monoisotopic (exact) mass is 498 g/mol. The van der Waals surface area contributed by atoms with Crippen LogP contribution in [0.25, 0.3) is 5.57 Å². The lowest BCUT2D eigenvalue weighted by Gasteiger charge is -2.43. The molecule has 6 nitrogen and oxygen atoms in total. The lowest BCUT2D eigenvalue weighted by molar-refractivity contribution is -0.130. The number of piperidine rings is 1. The third kappa shape index (κ3) is 4.98. The first-order valence-electron chi connectivity index (χ1n) is 11.9. The largest absolute Gasteiger partial charge is 0.349 e. The van der Waals surface area contributed by atoms with E-state index in [4.69, 9.17) is 0 Å². The molecule has 0 spiro atoms. The number of carbonyl (C=O) groups excluding carboxylic acids is 2. The number of fused-ring (bicyclic) bond motifs is 1. The fourth-order valence-corrected chi connectivity index (χ4v) is 6.13. The molecule has 2 aromatic carbocycles. The fourth-order valence-electron chi connectivity index (χ4n) is 4.99. The van der Waals surface area contributed by atoms with Crippen molar-refractivity contribution in [3.05, 3.63) is 76.7 Å². The summed E-state index contributed by atoms with van der Waals surface area (Å²) in [6.07, 6.45) is 0.948. The lowest BCUT2D eigenvalue weighted by atomic mass is 9.93. The van der Waals surface area contributed by atoms with Gasteiger partial charge in [0.2, 0.25) is 11.8 Å². The molecule has 0 bridgehead atoms. The number of nitrogens with one attached hydrogen (secondary N) is 3. The smallest absolute Gasteiger partial charge is 0.237 e. The Morgan fingerprint density at radius 2 is 1.83 bits per heavy atom. The summed E-state index contributed by atoms with van der Waals surface area (Å²) in [5.74, 6) is -0.816. The molecule has 0 saturated carbocycles. The van der Waals surface area contributed by atoms with Gasteiger partial charge in [-0.3, -0.25) is 19.8 Å². The SMILES string of the molecule is CC(NC(=O)C1CCN(C2NC(=O)C3SC=C(c4ccccc4F)C3N2)CC1)c1ccc(F)cc1. The Labute approximate surface area is 207 Å². The summed E-state index contributed by atoms with van der Waals surface area (Å²) in [6.45, 7) is 3.17. The molecule has 184 valence electrons. The van der Waals surface area contributed by atoms with E-state index in [9.17, 15) is 18.4 Å². The van der Waals surface area contributed by atoms with Gasteiger partial charge >= 0.3 is 0 Å². The van der Waals surface area contributed by atoms with Gasteiger partial charge in [0.05, 0.1) is 12.1 Å². The van der Waals surface area contributed by atoms with Crippen LogP contribution < -0.4 is 16.0 Å².